The van der Waals surface area contributed by atoms with Crippen LogP contribution in [0.3, 0.4) is 0 Å². The second kappa shape index (κ2) is 4.58. The van der Waals surface area contributed by atoms with Gasteiger partial charge in [0.05, 0.1) is 0 Å². The van der Waals surface area contributed by atoms with Crippen molar-refractivity contribution in [2.45, 2.75) is 25.8 Å². The molecule has 0 saturated carbocycles. The third kappa shape index (κ3) is 2.67. The van der Waals surface area contributed by atoms with Gasteiger partial charge in [0.25, 0.3) is 0 Å². The number of carboxylic acids is 1. The summed E-state index contributed by atoms with van der Waals surface area (Å²) in [6.45, 7) is 3.42. The van der Waals surface area contributed by atoms with Crippen molar-refractivity contribution in [1.82, 2.24) is 4.90 Å². The molecule has 2 atom stereocenters. The molecule has 1 fully saturated rings. The lowest BCUT2D eigenvalue weighted by molar-refractivity contribution is -0.143. The van der Waals surface area contributed by atoms with Crippen LogP contribution in [0.25, 0.3) is 0 Å². The number of aliphatic hydroxyl groups excluding tert-OH is 1. The number of nitrogens with zero attached hydrogens (tertiary/aromatic N) is 1. The minimum atomic E-state index is -0.779. The predicted octanol–water partition coefficient (Wildman–Crippen LogP) is 0.164. The standard InChI is InChI=1S/C9H17NO3/c1-7(9(12)13)10-4-2-3-8(5-10)6-11/h7-8,11H,2-6H2,1H3,(H,12,13)/t7-,8+/m1/s1. The van der Waals surface area contributed by atoms with Gasteiger partial charge in [-0.05, 0) is 32.2 Å². The van der Waals surface area contributed by atoms with Gasteiger partial charge in [0, 0.05) is 13.2 Å². The van der Waals surface area contributed by atoms with E-state index in [4.69, 9.17) is 10.2 Å². The van der Waals surface area contributed by atoms with Crippen molar-refractivity contribution in [1.29, 1.82) is 0 Å². The number of aliphatic carboxylic acids is 1. The number of piperidine rings is 1. The van der Waals surface area contributed by atoms with Crippen molar-refractivity contribution in [2.75, 3.05) is 19.7 Å². The van der Waals surface area contributed by atoms with Crippen LogP contribution in [-0.4, -0.2) is 46.8 Å². The molecule has 1 aliphatic heterocycles. The van der Waals surface area contributed by atoms with Crippen molar-refractivity contribution >= 4 is 5.97 Å². The predicted molar refractivity (Wildman–Crippen MR) is 48.5 cm³/mol. The number of likely N-dealkylation sites (tertiary alicyclic amines) is 1. The molecule has 0 radical (unpaired) electrons. The van der Waals surface area contributed by atoms with Gasteiger partial charge in [0.2, 0.25) is 0 Å². The van der Waals surface area contributed by atoms with Gasteiger partial charge in [0.1, 0.15) is 6.04 Å². The SMILES string of the molecule is C[C@H](C(=O)O)N1CCC[C@H](CO)C1. The smallest absolute Gasteiger partial charge is 0.320 e. The van der Waals surface area contributed by atoms with Gasteiger partial charge in [-0.15, -0.1) is 0 Å². The van der Waals surface area contributed by atoms with Gasteiger partial charge < -0.3 is 10.2 Å². The molecule has 0 aromatic carbocycles. The van der Waals surface area contributed by atoms with Crippen molar-refractivity contribution in [3.05, 3.63) is 0 Å². The summed E-state index contributed by atoms with van der Waals surface area (Å²) in [4.78, 5) is 12.6. The molecular weight excluding hydrogens is 170 g/mol. The molecule has 1 saturated heterocycles. The van der Waals surface area contributed by atoms with Crippen LogP contribution < -0.4 is 0 Å². The lowest BCUT2D eigenvalue weighted by Gasteiger charge is -2.34. The fraction of sp³-hybridized carbons (Fsp3) is 0.889. The summed E-state index contributed by atoms with van der Waals surface area (Å²) >= 11 is 0. The van der Waals surface area contributed by atoms with Crippen molar-refractivity contribution in [3.8, 4) is 0 Å². The molecule has 0 amide bonds. The lowest BCUT2D eigenvalue weighted by atomic mass is 9.98. The highest BCUT2D eigenvalue weighted by Gasteiger charge is 2.26. The average Bonchev–Trinajstić information content (AvgIpc) is 2.16. The second-order valence-electron chi connectivity index (χ2n) is 3.70. The van der Waals surface area contributed by atoms with Gasteiger partial charge in [-0.3, -0.25) is 9.69 Å². The maximum absolute atomic E-state index is 10.7. The van der Waals surface area contributed by atoms with Gasteiger partial charge >= 0.3 is 5.97 Å². The Hall–Kier alpha value is -0.610. The Bertz CT molecular complexity index is 184. The minimum absolute atomic E-state index is 0.169. The van der Waals surface area contributed by atoms with Crippen LogP contribution in [-0.2, 0) is 4.79 Å². The lowest BCUT2D eigenvalue weighted by Crippen LogP contribution is -2.45. The number of hydrogen-bond acceptors (Lipinski definition) is 3. The topological polar surface area (TPSA) is 60.8 Å². The summed E-state index contributed by atoms with van der Waals surface area (Å²) in [6, 6.07) is -0.422. The van der Waals surface area contributed by atoms with Gasteiger partial charge in [0.15, 0.2) is 0 Å². The zero-order valence-electron chi connectivity index (χ0n) is 7.94. The average molecular weight is 187 g/mol. The highest BCUT2D eigenvalue weighted by atomic mass is 16.4. The van der Waals surface area contributed by atoms with E-state index in [2.05, 4.69) is 0 Å². The second-order valence-corrected chi connectivity index (χ2v) is 3.70. The minimum Gasteiger partial charge on any atom is -0.480 e. The van der Waals surface area contributed by atoms with Crippen LogP contribution in [0.5, 0.6) is 0 Å². The first-order chi connectivity index (χ1) is 6.15. The molecule has 0 aromatic rings. The number of carbonyl (C=O) groups is 1. The maximum Gasteiger partial charge on any atom is 0.320 e. The molecule has 4 nitrogen and oxygen atoms in total. The van der Waals surface area contributed by atoms with Crippen LogP contribution >= 0.6 is 0 Å². The Morgan fingerprint density at radius 2 is 2.38 bits per heavy atom. The Balaban J connectivity index is 2.46. The maximum atomic E-state index is 10.7. The number of aliphatic hydroxyl groups is 1. The highest BCUT2D eigenvalue weighted by Crippen LogP contribution is 2.17. The third-order valence-corrected chi connectivity index (χ3v) is 2.71. The summed E-state index contributed by atoms with van der Waals surface area (Å²) < 4.78 is 0. The Kier molecular flexibility index (Phi) is 3.69. The van der Waals surface area contributed by atoms with E-state index in [1.165, 1.54) is 0 Å². The number of hydrogen-bond donors (Lipinski definition) is 2. The molecule has 0 aliphatic carbocycles. The molecule has 76 valence electrons. The van der Waals surface area contributed by atoms with E-state index in [9.17, 15) is 4.79 Å². The van der Waals surface area contributed by atoms with Gasteiger partial charge in [-0.2, -0.15) is 0 Å². The van der Waals surface area contributed by atoms with Crippen LogP contribution in [0, 0.1) is 5.92 Å². The quantitative estimate of drug-likeness (QED) is 0.661. The highest BCUT2D eigenvalue weighted by molar-refractivity contribution is 5.72. The Labute approximate surface area is 78.2 Å². The van der Waals surface area contributed by atoms with Crippen molar-refractivity contribution < 1.29 is 15.0 Å². The molecule has 13 heavy (non-hydrogen) atoms. The first-order valence-corrected chi connectivity index (χ1v) is 4.73. The van der Waals surface area contributed by atoms with E-state index in [1.807, 2.05) is 4.90 Å². The molecular formula is C9H17NO3. The first-order valence-electron chi connectivity index (χ1n) is 4.73. The zero-order valence-corrected chi connectivity index (χ0v) is 7.94. The summed E-state index contributed by atoms with van der Waals surface area (Å²) in [5.41, 5.74) is 0. The first kappa shape index (κ1) is 10.5. The van der Waals surface area contributed by atoms with E-state index in [1.54, 1.807) is 6.92 Å². The van der Waals surface area contributed by atoms with Crippen LogP contribution in [0.2, 0.25) is 0 Å². The molecule has 0 spiro atoms. The van der Waals surface area contributed by atoms with E-state index >= 15 is 0 Å². The van der Waals surface area contributed by atoms with E-state index in [0.717, 1.165) is 19.4 Å². The van der Waals surface area contributed by atoms with Crippen molar-refractivity contribution in [3.63, 3.8) is 0 Å². The number of rotatable bonds is 3. The summed E-state index contributed by atoms with van der Waals surface area (Å²) in [5.74, 6) is -0.519. The summed E-state index contributed by atoms with van der Waals surface area (Å²) in [5, 5.41) is 17.7. The summed E-state index contributed by atoms with van der Waals surface area (Å²) in [7, 11) is 0. The molecule has 1 heterocycles. The number of carboxylic acid groups (broad SMARTS) is 1. The van der Waals surface area contributed by atoms with Crippen LogP contribution in [0.15, 0.2) is 0 Å². The zero-order chi connectivity index (χ0) is 9.84. The molecule has 0 unspecified atom stereocenters. The molecule has 0 aromatic heterocycles. The van der Waals surface area contributed by atoms with Gasteiger partial charge in [-0.1, -0.05) is 0 Å². The van der Waals surface area contributed by atoms with E-state index in [-0.39, 0.29) is 12.5 Å². The van der Waals surface area contributed by atoms with Gasteiger partial charge in [-0.25, -0.2) is 0 Å². The molecule has 1 aliphatic rings. The molecule has 0 bridgehead atoms. The molecule has 4 heteroatoms. The van der Waals surface area contributed by atoms with Crippen LogP contribution in [0.1, 0.15) is 19.8 Å². The van der Waals surface area contributed by atoms with E-state index in [0.29, 0.717) is 6.54 Å². The van der Waals surface area contributed by atoms with Crippen molar-refractivity contribution in [2.24, 2.45) is 5.92 Å². The monoisotopic (exact) mass is 187 g/mol. The third-order valence-electron chi connectivity index (χ3n) is 2.71. The molecule has 1 rings (SSSR count). The largest absolute Gasteiger partial charge is 0.480 e. The summed E-state index contributed by atoms with van der Waals surface area (Å²) in [6.07, 6.45) is 2.00. The normalized spacial score (nSPS) is 27.1. The van der Waals surface area contributed by atoms with E-state index < -0.39 is 12.0 Å². The Morgan fingerprint density at radius 3 is 2.92 bits per heavy atom. The van der Waals surface area contributed by atoms with Crippen LogP contribution in [0.4, 0.5) is 0 Å². The Morgan fingerprint density at radius 1 is 1.69 bits per heavy atom. The fourth-order valence-electron chi connectivity index (χ4n) is 1.75. The molecule has 2 N–H and O–H groups in total. The fourth-order valence-corrected chi connectivity index (χ4v) is 1.75.